The van der Waals surface area contributed by atoms with Gasteiger partial charge in [0.2, 0.25) is 0 Å². The molecular formula is C4H13O5P. The fourth-order valence-corrected chi connectivity index (χ4v) is 1.47. The summed E-state index contributed by atoms with van der Waals surface area (Å²) in [6.45, 7) is 3.01. The Morgan fingerprint density at radius 2 is 1.30 bits per heavy atom. The van der Waals surface area contributed by atoms with Crippen molar-refractivity contribution in [1.29, 1.82) is 0 Å². The molecule has 0 saturated carbocycles. The van der Waals surface area contributed by atoms with E-state index in [4.69, 9.17) is 14.7 Å². The predicted molar refractivity (Wildman–Crippen MR) is 36.8 cm³/mol. The Labute approximate surface area is 59.5 Å². The van der Waals surface area contributed by atoms with Crippen LogP contribution in [0.3, 0.4) is 0 Å². The molecule has 3 N–H and O–H groups in total. The second-order valence-electron chi connectivity index (χ2n) is 1.67. The van der Waals surface area contributed by atoms with E-state index in [0.717, 1.165) is 0 Å². The maximum atomic E-state index is 8.78. The van der Waals surface area contributed by atoms with Gasteiger partial charge >= 0.3 is 58.5 Å². The summed E-state index contributed by atoms with van der Waals surface area (Å²) in [5.41, 5.74) is 0. The van der Waals surface area contributed by atoms with Crippen LogP contribution >= 0.6 is 7.74 Å². The average molecular weight is 172 g/mol. The van der Waals surface area contributed by atoms with Crippen molar-refractivity contribution in [3.05, 3.63) is 0 Å². The normalized spacial score (nSPS) is 16.3. The van der Waals surface area contributed by atoms with Crippen molar-refractivity contribution >= 4 is 7.74 Å². The van der Waals surface area contributed by atoms with E-state index in [2.05, 4.69) is 9.05 Å². The second kappa shape index (κ2) is 3.09. The molecule has 0 aromatic carbocycles. The predicted octanol–water partition coefficient (Wildman–Crippen LogP) is 0.165. The summed E-state index contributed by atoms with van der Waals surface area (Å²) in [4.78, 5) is 26.3. The Morgan fingerprint density at radius 1 is 1.00 bits per heavy atom. The van der Waals surface area contributed by atoms with Crippen LogP contribution in [-0.4, -0.2) is 27.9 Å². The van der Waals surface area contributed by atoms with Crippen LogP contribution in [0.25, 0.3) is 0 Å². The summed E-state index contributed by atoms with van der Waals surface area (Å²) < 4.78 is 8.46. The third-order valence-electron chi connectivity index (χ3n) is 0.710. The van der Waals surface area contributed by atoms with Gasteiger partial charge in [-0.15, -0.1) is 0 Å². The molecule has 0 amide bonds. The molecule has 0 heterocycles. The Hall–Kier alpha value is 0.230. The van der Waals surface area contributed by atoms with E-state index in [1.807, 2.05) is 0 Å². The monoisotopic (exact) mass is 172 g/mol. The van der Waals surface area contributed by atoms with Crippen molar-refractivity contribution in [2.45, 2.75) is 13.8 Å². The molecule has 0 aliphatic carbocycles. The summed E-state index contributed by atoms with van der Waals surface area (Å²) in [5, 5.41) is 0. The van der Waals surface area contributed by atoms with Crippen LogP contribution in [0.1, 0.15) is 13.8 Å². The maximum absolute atomic E-state index is 8.78. The van der Waals surface area contributed by atoms with E-state index in [-0.39, 0.29) is 13.2 Å². The Kier molecular flexibility index (Phi) is 3.16. The Bertz CT molecular complexity index is 96.0. The quantitative estimate of drug-likeness (QED) is 0.526. The van der Waals surface area contributed by atoms with Crippen LogP contribution in [0.5, 0.6) is 0 Å². The zero-order chi connectivity index (χ0) is 8.28. The topological polar surface area (TPSA) is 79.2 Å². The minimum atomic E-state index is -5.16. The molecule has 0 aromatic rings. The summed E-state index contributed by atoms with van der Waals surface area (Å²) in [6, 6.07) is 0. The molecule has 64 valence electrons. The number of rotatable bonds is 4. The van der Waals surface area contributed by atoms with Crippen LogP contribution in [0.15, 0.2) is 0 Å². The Balaban J connectivity index is 3.97. The van der Waals surface area contributed by atoms with Crippen LogP contribution in [-0.2, 0) is 9.05 Å². The van der Waals surface area contributed by atoms with Crippen LogP contribution < -0.4 is 0 Å². The van der Waals surface area contributed by atoms with Crippen molar-refractivity contribution in [3.63, 3.8) is 0 Å². The first-order valence-electron chi connectivity index (χ1n) is 2.96. The molecule has 0 aromatic heterocycles. The van der Waals surface area contributed by atoms with E-state index < -0.39 is 7.74 Å². The van der Waals surface area contributed by atoms with Gasteiger partial charge in [-0.25, -0.2) is 0 Å². The minimum absolute atomic E-state index is 0.0126. The van der Waals surface area contributed by atoms with Crippen molar-refractivity contribution in [2.75, 3.05) is 13.2 Å². The fraction of sp³-hybridized carbons (Fsp3) is 1.00. The molecule has 0 bridgehead atoms. The van der Waals surface area contributed by atoms with Gasteiger partial charge in [0.15, 0.2) is 0 Å². The zero-order valence-electron chi connectivity index (χ0n) is 6.02. The van der Waals surface area contributed by atoms with Gasteiger partial charge in [-0.3, -0.25) is 0 Å². The molecule has 0 aliphatic heterocycles. The fourth-order valence-electron chi connectivity index (χ4n) is 0.489. The molecular weight excluding hydrogens is 159 g/mol. The van der Waals surface area contributed by atoms with Crippen molar-refractivity contribution in [3.8, 4) is 0 Å². The standard InChI is InChI=1S/C4H13O5P/c1-3-8-10(5,6,7)9-4-2/h5-7H,3-4H2,1-2H3. The van der Waals surface area contributed by atoms with Gasteiger partial charge in [-0.1, -0.05) is 0 Å². The SMILES string of the molecule is CCOP(O)(O)(O)OCC. The summed E-state index contributed by atoms with van der Waals surface area (Å²) in [6.07, 6.45) is 0. The molecule has 0 rings (SSSR count). The van der Waals surface area contributed by atoms with Gasteiger partial charge in [0.25, 0.3) is 0 Å². The Morgan fingerprint density at radius 3 is 1.50 bits per heavy atom. The van der Waals surface area contributed by atoms with E-state index >= 15 is 0 Å². The molecule has 0 spiro atoms. The molecule has 0 unspecified atom stereocenters. The first-order valence-corrected chi connectivity index (χ1v) is 4.89. The number of hydrogen-bond acceptors (Lipinski definition) is 5. The molecule has 0 aliphatic rings. The molecule has 6 heteroatoms. The second-order valence-corrected chi connectivity index (χ2v) is 3.85. The summed E-state index contributed by atoms with van der Waals surface area (Å²) in [7, 11) is -5.16. The third kappa shape index (κ3) is 4.11. The third-order valence-corrected chi connectivity index (χ3v) is 2.13. The van der Waals surface area contributed by atoms with Gasteiger partial charge in [-0.05, 0) is 0 Å². The molecule has 0 atom stereocenters. The van der Waals surface area contributed by atoms with Gasteiger partial charge in [0.1, 0.15) is 0 Å². The summed E-state index contributed by atoms with van der Waals surface area (Å²) in [5.74, 6) is 0. The molecule has 0 saturated heterocycles. The molecule has 5 nitrogen and oxygen atoms in total. The summed E-state index contributed by atoms with van der Waals surface area (Å²) >= 11 is 0. The van der Waals surface area contributed by atoms with E-state index in [1.165, 1.54) is 13.8 Å². The zero-order valence-corrected chi connectivity index (χ0v) is 6.91. The average Bonchev–Trinajstić information content (AvgIpc) is 1.61. The van der Waals surface area contributed by atoms with Gasteiger partial charge in [-0.2, -0.15) is 0 Å². The van der Waals surface area contributed by atoms with Crippen molar-refractivity contribution in [1.82, 2.24) is 0 Å². The first-order chi connectivity index (χ1) is 4.39. The first kappa shape index (κ1) is 10.2. The van der Waals surface area contributed by atoms with Gasteiger partial charge in [0, 0.05) is 0 Å². The van der Waals surface area contributed by atoms with E-state index in [1.54, 1.807) is 0 Å². The molecule has 10 heavy (non-hydrogen) atoms. The van der Waals surface area contributed by atoms with Crippen LogP contribution in [0.2, 0.25) is 0 Å². The molecule has 0 radical (unpaired) electrons. The van der Waals surface area contributed by atoms with Crippen molar-refractivity contribution < 1.29 is 23.7 Å². The van der Waals surface area contributed by atoms with Gasteiger partial charge in [0.05, 0.1) is 0 Å². The van der Waals surface area contributed by atoms with Crippen LogP contribution in [0, 0.1) is 0 Å². The van der Waals surface area contributed by atoms with Crippen molar-refractivity contribution in [2.24, 2.45) is 0 Å². The number of hydrogen-bond donors (Lipinski definition) is 3. The van der Waals surface area contributed by atoms with E-state index in [0.29, 0.717) is 0 Å². The van der Waals surface area contributed by atoms with Crippen LogP contribution in [0.4, 0.5) is 0 Å². The van der Waals surface area contributed by atoms with E-state index in [9.17, 15) is 0 Å². The molecule has 0 fully saturated rings. The van der Waals surface area contributed by atoms with Gasteiger partial charge < -0.3 is 0 Å².